The number of rotatable bonds is 7. The second kappa shape index (κ2) is 15.7. The first-order valence-electron chi connectivity index (χ1n) is 23.9. The summed E-state index contributed by atoms with van der Waals surface area (Å²) in [5, 5.41) is 10.4. The van der Waals surface area contributed by atoms with Crippen LogP contribution < -0.4 is 0 Å². The van der Waals surface area contributed by atoms with Gasteiger partial charge in [-0.05, 0) is 170 Å². The molecule has 0 bridgehead atoms. The minimum Gasteiger partial charge on any atom is -0.0622 e. The van der Waals surface area contributed by atoms with Gasteiger partial charge < -0.3 is 0 Å². The van der Waals surface area contributed by atoms with Crippen molar-refractivity contribution in [3.8, 4) is 33.4 Å². The highest BCUT2D eigenvalue weighted by molar-refractivity contribution is 6.30. The Hall–Kier alpha value is -7.28. The highest BCUT2D eigenvalue weighted by Gasteiger charge is 2.35. The molecule has 0 radical (unpaired) electrons. The van der Waals surface area contributed by atoms with E-state index in [2.05, 4.69) is 234 Å². The summed E-state index contributed by atoms with van der Waals surface area (Å²) in [5.74, 6) is 0. The molecule has 0 fully saturated rings. The molecule has 2 aliphatic rings. The van der Waals surface area contributed by atoms with Crippen molar-refractivity contribution in [3.05, 3.63) is 226 Å². The maximum Gasteiger partial charge on any atom is -0.00139 e. The van der Waals surface area contributed by atoms with Crippen molar-refractivity contribution in [1.29, 1.82) is 0 Å². The number of fused-ring (bicyclic) bond motifs is 6. The third-order valence-electron chi connectivity index (χ3n) is 15.2. The van der Waals surface area contributed by atoms with Gasteiger partial charge in [0, 0.05) is 0 Å². The molecule has 0 heterocycles. The van der Waals surface area contributed by atoms with Gasteiger partial charge in [0.1, 0.15) is 0 Å². The highest BCUT2D eigenvalue weighted by atomic mass is 14.4. The van der Waals surface area contributed by atoms with Crippen molar-refractivity contribution in [3.63, 3.8) is 0 Å². The highest BCUT2D eigenvalue weighted by Crippen LogP contribution is 2.54. The molecule has 0 unspecified atom stereocenters. The first kappa shape index (κ1) is 40.2. The Morgan fingerprint density at radius 2 is 0.576 bits per heavy atom. The Balaban J connectivity index is 1.14. The molecule has 12 rings (SSSR count). The van der Waals surface area contributed by atoms with E-state index in [-0.39, 0.29) is 10.8 Å². The second-order valence-corrected chi connectivity index (χ2v) is 20.1. The van der Waals surface area contributed by atoms with Crippen LogP contribution in [-0.2, 0) is 23.7 Å². The van der Waals surface area contributed by atoms with Crippen molar-refractivity contribution < 1.29 is 0 Å². The Morgan fingerprint density at radius 1 is 0.303 bits per heavy atom. The lowest BCUT2D eigenvalue weighted by Crippen LogP contribution is -2.12. The molecule has 0 aromatic heterocycles. The summed E-state index contributed by atoms with van der Waals surface area (Å²) in [6.07, 6.45) is 13.6. The van der Waals surface area contributed by atoms with Gasteiger partial charge in [-0.2, -0.15) is 0 Å². The normalized spacial score (nSPS) is 15.2. The van der Waals surface area contributed by atoms with E-state index in [1.807, 2.05) is 0 Å². The van der Waals surface area contributed by atoms with Gasteiger partial charge in [-0.25, -0.2) is 0 Å². The van der Waals surface area contributed by atoms with E-state index in [4.69, 9.17) is 0 Å². The van der Waals surface area contributed by atoms with Crippen LogP contribution in [0.5, 0.6) is 0 Å². The monoisotopic (exact) mass is 846 g/mol. The van der Waals surface area contributed by atoms with Crippen molar-refractivity contribution >= 4 is 67.4 Å². The van der Waals surface area contributed by atoms with Crippen LogP contribution in [0.1, 0.15) is 85.0 Å². The lowest BCUT2D eigenvalue weighted by molar-refractivity contribution is 0.522. The molecule has 66 heavy (non-hydrogen) atoms. The van der Waals surface area contributed by atoms with E-state index in [0.29, 0.717) is 0 Å². The van der Waals surface area contributed by atoms with Gasteiger partial charge in [0.25, 0.3) is 0 Å². The van der Waals surface area contributed by atoms with Gasteiger partial charge in [-0.15, -0.1) is 0 Å². The van der Waals surface area contributed by atoms with Gasteiger partial charge >= 0.3 is 0 Å². The zero-order valence-corrected chi connectivity index (χ0v) is 38.5. The van der Waals surface area contributed by atoms with Gasteiger partial charge in [-0.1, -0.05) is 222 Å². The van der Waals surface area contributed by atoms with Crippen LogP contribution in [0.25, 0.3) is 101 Å². The average Bonchev–Trinajstić information content (AvgIpc) is 3.84. The third kappa shape index (κ3) is 6.65. The quantitative estimate of drug-likeness (QED) is 0.111. The molecule has 10 aromatic carbocycles. The molecule has 0 saturated heterocycles. The fourth-order valence-corrected chi connectivity index (χ4v) is 11.8. The summed E-state index contributed by atoms with van der Waals surface area (Å²) in [7, 11) is 0. The van der Waals surface area contributed by atoms with Crippen LogP contribution in [0.15, 0.2) is 182 Å². The molecule has 318 valence electrons. The molecular formula is C66H54. The number of benzene rings is 10. The molecule has 0 heteroatoms. The lowest BCUT2D eigenvalue weighted by atomic mass is 9.78. The molecule has 2 aliphatic carbocycles. The van der Waals surface area contributed by atoms with Crippen LogP contribution in [0.4, 0.5) is 0 Å². The molecule has 0 saturated carbocycles. The molecule has 0 spiro atoms. The first-order valence-corrected chi connectivity index (χ1v) is 23.9. The molecule has 0 amide bonds. The Labute approximate surface area is 389 Å². The van der Waals surface area contributed by atoms with Crippen molar-refractivity contribution in [1.82, 2.24) is 0 Å². The van der Waals surface area contributed by atoms with Gasteiger partial charge in [-0.3, -0.25) is 0 Å². The minimum atomic E-state index is 0.0966. The Kier molecular flexibility index (Phi) is 9.58. The number of hydrogen-bond donors (Lipinski definition) is 0. The molecule has 0 atom stereocenters. The molecule has 10 aromatic rings. The van der Waals surface area contributed by atoms with E-state index >= 15 is 0 Å². The fraction of sp³-hybridized carbons (Fsp3) is 0.152. The molecule has 0 aliphatic heterocycles. The van der Waals surface area contributed by atoms with E-state index in [1.54, 1.807) is 0 Å². The van der Waals surface area contributed by atoms with Crippen LogP contribution in [0, 0.1) is 0 Å². The summed E-state index contributed by atoms with van der Waals surface area (Å²) in [5.41, 5.74) is 19.1. The fourth-order valence-electron chi connectivity index (χ4n) is 11.8. The largest absolute Gasteiger partial charge is 0.0622 e. The summed E-state index contributed by atoms with van der Waals surface area (Å²) < 4.78 is 0. The molecule has 0 N–H and O–H groups in total. The SMILES string of the molecule is CC1(C)CCc2c(-c3c4ccccc4c(-c4c5ccccc5c(-c5cc(C=Cc6ccccc6)cc6c5CCC6(C)C)c5ccccc45)c4ccccc34)cc(C=Cc3ccccc3)cc21. The lowest BCUT2D eigenvalue weighted by Gasteiger charge is -2.25. The van der Waals surface area contributed by atoms with E-state index in [0.717, 1.165) is 25.7 Å². The van der Waals surface area contributed by atoms with Crippen LogP contribution in [0.3, 0.4) is 0 Å². The van der Waals surface area contributed by atoms with Crippen molar-refractivity contribution in [2.45, 2.75) is 64.2 Å². The second-order valence-electron chi connectivity index (χ2n) is 20.1. The maximum absolute atomic E-state index is 2.48. The van der Waals surface area contributed by atoms with E-state index in [1.165, 1.54) is 121 Å². The van der Waals surface area contributed by atoms with Gasteiger partial charge in [0.15, 0.2) is 0 Å². The third-order valence-corrected chi connectivity index (χ3v) is 15.2. The zero-order valence-electron chi connectivity index (χ0n) is 38.5. The Morgan fingerprint density at radius 3 is 0.894 bits per heavy atom. The van der Waals surface area contributed by atoms with Crippen molar-refractivity contribution in [2.24, 2.45) is 0 Å². The first-order chi connectivity index (χ1) is 32.2. The van der Waals surface area contributed by atoms with Crippen molar-refractivity contribution in [2.75, 3.05) is 0 Å². The smallest absolute Gasteiger partial charge is 0.00139 e. The van der Waals surface area contributed by atoms with Crippen LogP contribution in [-0.4, -0.2) is 0 Å². The predicted octanol–water partition coefficient (Wildman–Crippen LogP) is 18.1. The van der Waals surface area contributed by atoms with E-state index < -0.39 is 0 Å². The summed E-state index contributed by atoms with van der Waals surface area (Å²) >= 11 is 0. The number of hydrogen-bond acceptors (Lipinski definition) is 0. The van der Waals surface area contributed by atoms with Crippen LogP contribution >= 0.6 is 0 Å². The Bertz CT molecular complexity index is 3260. The molecular weight excluding hydrogens is 793 g/mol. The maximum atomic E-state index is 2.48. The standard InChI is InChI=1S/C66H54/c1-65(2)37-35-47-57(39-45(41-59(47)65)33-31-43-19-7-5-8-20-43)61-49-23-11-15-27-53(49)63(54-28-16-12-24-50(54)61)64-55-29-17-13-25-51(55)62(52-26-14-18-30-56(52)64)58-40-46(34-32-44-21-9-6-10-22-44)42-60-48(58)36-38-66(60,3)4/h5-34,39-42H,35-38H2,1-4H3. The topological polar surface area (TPSA) is 0 Å². The summed E-state index contributed by atoms with van der Waals surface area (Å²) in [6.45, 7) is 9.72. The average molecular weight is 847 g/mol. The minimum absolute atomic E-state index is 0.0966. The van der Waals surface area contributed by atoms with Gasteiger partial charge in [0.05, 0.1) is 0 Å². The zero-order chi connectivity index (χ0) is 44.6. The van der Waals surface area contributed by atoms with E-state index in [9.17, 15) is 0 Å². The van der Waals surface area contributed by atoms with Crippen LogP contribution in [0.2, 0.25) is 0 Å². The summed E-state index contributed by atoms with van der Waals surface area (Å²) in [4.78, 5) is 0. The van der Waals surface area contributed by atoms with Gasteiger partial charge in [0.2, 0.25) is 0 Å². The predicted molar refractivity (Wildman–Crippen MR) is 286 cm³/mol. The molecule has 0 nitrogen and oxygen atoms in total. The summed E-state index contributed by atoms with van der Waals surface area (Å²) in [6, 6.07) is 68.3.